The molecule has 0 bridgehead atoms. The number of nitrogens with zero attached hydrogens (tertiary/aromatic N) is 1. The predicted molar refractivity (Wildman–Crippen MR) is 152 cm³/mol. The van der Waals surface area contributed by atoms with Crippen molar-refractivity contribution in [2.45, 2.75) is 84.0 Å². The minimum absolute atomic E-state index is 0.269. The van der Waals surface area contributed by atoms with Crippen molar-refractivity contribution in [3.8, 4) is 5.75 Å². The quantitative estimate of drug-likeness (QED) is 0.405. The van der Waals surface area contributed by atoms with E-state index in [2.05, 4.69) is 10.6 Å². The summed E-state index contributed by atoms with van der Waals surface area (Å²) in [5, 5.41) is 5.46. The summed E-state index contributed by atoms with van der Waals surface area (Å²) >= 11 is 0. The van der Waals surface area contributed by atoms with Crippen molar-refractivity contribution in [1.29, 1.82) is 0 Å². The van der Waals surface area contributed by atoms with Gasteiger partial charge in [-0.15, -0.1) is 0 Å². The third-order valence-electron chi connectivity index (χ3n) is 6.73. The molecule has 1 aliphatic rings. The maximum Gasteiger partial charge on any atom is 0.408 e. The first-order valence-corrected chi connectivity index (χ1v) is 13.4. The molecule has 3 rings (SSSR count). The Hall–Kier alpha value is -4.08. The number of carbonyl (C=O) groups is 4. The van der Waals surface area contributed by atoms with E-state index in [9.17, 15) is 19.2 Å². The Morgan fingerprint density at radius 2 is 1.70 bits per heavy atom. The van der Waals surface area contributed by atoms with Crippen LogP contribution in [0.5, 0.6) is 5.75 Å². The largest absolute Gasteiger partial charge is 0.497 e. The van der Waals surface area contributed by atoms with E-state index in [0.717, 1.165) is 17.5 Å². The highest BCUT2D eigenvalue weighted by atomic mass is 16.6. The van der Waals surface area contributed by atoms with E-state index in [0.29, 0.717) is 29.8 Å². The number of carbonyl (C=O) groups excluding carboxylic acids is 4. The number of hydrogen-bond acceptors (Lipinski definition) is 6. The summed E-state index contributed by atoms with van der Waals surface area (Å²) in [5.74, 6) is -1.13. The number of primary amides is 1. The number of methoxy groups -OCH3 is 1. The highest BCUT2D eigenvalue weighted by molar-refractivity contribution is 6.00. The number of alkyl carbamates (subject to hydrolysis) is 1. The molecular weight excluding hydrogens is 512 g/mol. The van der Waals surface area contributed by atoms with Gasteiger partial charge in [-0.2, -0.15) is 0 Å². The summed E-state index contributed by atoms with van der Waals surface area (Å²) in [6.07, 6.45) is 0.943. The van der Waals surface area contributed by atoms with Gasteiger partial charge in [0.05, 0.1) is 13.5 Å². The van der Waals surface area contributed by atoms with Crippen LogP contribution in [0.2, 0.25) is 0 Å². The fraction of sp³-hybridized carbons (Fsp3) is 0.467. The SMILES string of the molecule is COc1ccc(NC(=O)C(c2cc(C)ccc2C)N(C(=O)C(CC(N)=O)NC(=O)OC(C)(C)C)C2CCC2)cc1. The van der Waals surface area contributed by atoms with Gasteiger partial charge in [0, 0.05) is 11.7 Å². The number of aryl methyl sites for hydroxylation is 2. The molecule has 1 saturated carbocycles. The maximum absolute atomic E-state index is 14.2. The smallest absolute Gasteiger partial charge is 0.408 e. The van der Waals surface area contributed by atoms with Crippen molar-refractivity contribution >= 4 is 29.5 Å². The van der Waals surface area contributed by atoms with E-state index in [1.807, 2.05) is 32.0 Å². The van der Waals surface area contributed by atoms with Crippen LogP contribution in [0.15, 0.2) is 42.5 Å². The second-order valence-electron chi connectivity index (χ2n) is 11.2. The van der Waals surface area contributed by atoms with Gasteiger partial charge in [-0.3, -0.25) is 14.4 Å². The standard InChI is InChI=1S/C30H40N4O6/c1-18-10-11-19(2)23(16-18)26(27(36)32-20-12-14-22(39-6)15-13-20)34(21-8-7-9-21)28(37)24(17-25(31)35)33-29(38)40-30(3,4)5/h10-16,21,24,26H,7-9,17H2,1-6H3,(H2,31,35)(H,32,36)(H,33,38). The molecular formula is C30H40N4O6. The van der Waals surface area contributed by atoms with E-state index in [-0.39, 0.29) is 6.04 Å². The van der Waals surface area contributed by atoms with Gasteiger partial charge in [0.15, 0.2) is 0 Å². The van der Waals surface area contributed by atoms with Crippen LogP contribution in [0.1, 0.15) is 69.2 Å². The van der Waals surface area contributed by atoms with Crippen molar-refractivity contribution in [3.63, 3.8) is 0 Å². The Morgan fingerprint density at radius 1 is 1.05 bits per heavy atom. The number of nitrogens with two attached hydrogens (primary N) is 1. The van der Waals surface area contributed by atoms with E-state index >= 15 is 0 Å². The van der Waals surface area contributed by atoms with Gasteiger partial charge >= 0.3 is 6.09 Å². The monoisotopic (exact) mass is 552 g/mol. The van der Waals surface area contributed by atoms with Crippen LogP contribution in [-0.2, 0) is 19.1 Å². The molecule has 0 radical (unpaired) electrons. The Bertz CT molecular complexity index is 1230. The van der Waals surface area contributed by atoms with E-state index in [1.165, 1.54) is 4.90 Å². The molecule has 0 aromatic heterocycles. The van der Waals surface area contributed by atoms with Crippen LogP contribution in [0, 0.1) is 13.8 Å². The third-order valence-corrected chi connectivity index (χ3v) is 6.73. The molecule has 0 spiro atoms. The van der Waals surface area contributed by atoms with Gasteiger partial charge < -0.3 is 30.7 Å². The first kappa shape index (κ1) is 30.5. The van der Waals surface area contributed by atoms with E-state index < -0.39 is 47.9 Å². The number of nitrogens with one attached hydrogen (secondary N) is 2. The van der Waals surface area contributed by atoms with Crippen LogP contribution in [-0.4, -0.2) is 53.5 Å². The molecule has 2 unspecified atom stereocenters. The molecule has 4 N–H and O–H groups in total. The molecule has 1 aliphatic carbocycles. The molecule has 0 saturated heterocycles. The van der Waals surface area contributed by atoms with Gasteiger partial charge in [-0.05, 0) is 89.3 Å². The fourth-order valence-electron chi connectivity index (χ4n) is 4.57. The first-order valence-electron chi connectivity index (χ1n) is 13.4. The maximum atomic E-state index is 14.2. The molecule has 216 valence electrons. The lowest BCUT2D eigenvalue weighted by atomic mass is 9.86. The topological polar surface area (TPSA) is 140 Å². The summed E-state index contributed by atoms with van der Waals surface area (Å²) in [6.45, 7) is 8.87. The van der Waals surface area contributed by atoms with Gasteiger partial charge in [-0.1, -0.05) is 23.8 Å². The van der Waals surface area contributed by atoms with Gasteiger partial charge in [0.25, 0.3) is 5.91 Å². The molecule has 4 amide bonds. The minimum atomic E-state index is -1.31. The number of anilines is 1. The summed E-state index contributed by atoms with van der Waals surface area (Å²) in [6, 6.07) is 10.00. The second kappa shape index (κ2) is 12.8. The van der Waals surface area contributed by atoms with Gasteiger partial charge in [0.1, 0.15) is 23.4 Å². The van der Waals surface area contributed by atoms with E-state index in [4.69, 9.17) is 15.2 Å². The Balaban J connectivity index is 2.06. The zero-order valence-corrected chi connectivity index (χ0v) is 24.1. The summed E-state index contributed by atoms with van der Waals surface area (Å²) in [4.78, 5) is 54.4. The van der Waals surface area contributed by atoms with Crippen LogP contribution >= 0.6 is 0 Å². The van der Waals surface area contributed by atoms with Gasteiger partial charge in [-0.25, -0.2) is 4.79 Å². The molecule has 1 fully saturated rings. The van der Waals surface area contributed by atoms with Gasteiger partial charge in [0.2, 0.25) is 11.8 Å². The highest BCUT2D eigenvalue weighted by Gasteiger charge is 2.43. The van der Waals surface area contributed by atoms with Crippen molar-refractivity contribution in [2.75, 3.05) is 12.4 Å². The minimum Gasteiger partial charge on any atom is -0.497 e. The first-order chi connectivity index (χ1) is 18.8. The van der Waals surface area contributed by atoms with Crippen molar-refractivity contribution < 1.29 is 28.7 Å². The molecule has 0 heterocycles. The van der Waals surface area contributed by atoms with Crippen molar-refractivity contribution in [2.24, 2.45) is 5.73 Å². The highest BCUT2D eigenvalue weighted by Crippen LogP contribution is 2.36. The Labute approximate surface area is 235 Å². The second-order valence-corrected chi connectivity index (χ2v) is 11.2. The van der Waals surface area contributed by atoms with Crippen molar-refractivity contribution in [3.05, 3.63) is 59.2 Å². The molecule has 2 aromatic rings. The predicted octanol–water partition coefficient (Wildman–Crippen LogP) is 4.14. The third kappa shape index (κ3) is 7.97. The molecule has 0 aliphatic heterocycles. The summed E-state index contributed by atoms with van der Waals surface area (Å²) < 4.78 is 10.6. The number of benzene rings is 2. The van der Waals surface area contributed by atoms with Crippen LogP contribution < -0.4 is 21.1 Å². The van der Waals surface area contributed by atoms with E-state index in [1.54, 1.807) is 52.1 Å². The zero-order valence-electron chi connectivity index (χ0n) is 24.1. The number of amides is 4. The molecule has 10 nitrogen and oxygen atoms in total. The lowest BCUT2D eigenvalue weighted by Gasteiger charge is -2.44. The normalized spacial score (nSPS) is 14.8. The summed E-state index contributed by atoms with van der Waals surface area (Å²) in [7, 11) is 1.56. The Kier molecular flexibility index (Phi) is 9.78. The van der Waals surface area contributed by atoms with Crippen molar-refractivity contribution in [1.82, 2.24) is 10.2 Å². The number of ether oxygens (including phenoxy) is 2. The lowest BCUT2D eigenvalue weighted by molar-refractivity contribution is -0.146. The lowest BCUT2D eigenvalue weighted by Crippen LogP contribution is -2.57. The van der Waals surface area contributed by atoms with Crippen LogP contribution in [0.3, 0.4) is 0 Å². The average molecular weight is 553 g/mol. The molecule has 2 atom stereocenters. The number of hydrogen-bond donors (Lipinski definition) is 3. The molecule has 40 heavy (non-hydrogen) atoms. The fourth-order valence-corrected chi connectivity index (χ4v) is 4.57. The van der Waals surface area contributed by atoms with Crippen LogP contribution in [0.25, 0.3) is 0 Å². The number of rotatable bonds is 10. The van der Waals surface area contributed by atoms with Crippen LogP contribution in [0.4, 0.5) is 10.5 Å². The zero-order chi connectivity index (χ0) is 29.6. The molecule has 2 aromatic carbocycles. The Morgan fingerprint density at radius 3 is 2.23 bits per heavy atom. The summed E-state index contributed by atoms with van der Waals surface area (Å²) in [5.41, 5.74) is 7.59. The molecule has 10 heteroatoms. The average Bonchev–Trinajstić information content (AvgIpc) is 2.82.